The van der Waals surface area contributed by atoms with Crippen molar-refractivity contribution in [2.45, 2.75) is 0 Å². The van der Waals surface area contributed by atoms with Gasteiger partial charge in [-0.3, -0.25) is 24.0 Å². The SMILES string of the molecule is CI.COc1ccc2c(c1)C(=O)N(c1ccc(C=CC(=O)O)cc1)C2=O.Nc1ccc(C=CC(=O)O)cc1.O=C(O)C=Cc1ccc(N2C(=O)c3ccc(O)cc3C2=O)cc1.O=C(O)c1ccc(O)cc1C(=O)O.O=CO[O-].[H-].[K+].[K+]. The van der Waals surface area contributed by atoms with Crippen LogP contribution in [0.3, 0.4) is 0 Å². The van der Waals surface area contributed by atoms with E-state index in [-0.39, 0.29) is 139 Å². The summed E-state index contributed by atoms with van der Waals surface area (Å²) in [4.78, 5) is 117. The molecule has 4 amide bonds. The zero-order valence-electron chi connectivity index (χ0n) is 43.5. The number of carbonyl (C=O) groups is 10. The van der Waals surface area contributed by atoms with E-state index in [1.54, 1.807) is 91.0 Å². The molecule has 6 aromatic rings. The number of phenolic OH excluding ortho intramolecular Hbond substituents is 2. The summed E-state index contributed by atoms with van der Waals surface area (Å²) in [7, 11) is 1.49. The third kappa shape index (κ3) is 21.1. The van der Waals surface area contributed by atoms with Gasteiger partial charge in [0, 0.05) is 23.9 Å². The Balaban J connectivity index is 0.00000104. The molecule has 0 spiro atoms. The monoisotopic (exact) mass is 1260 g/mol. The van der Waals surface area contributed by atoms with Crippen LogP contribution in [0.2, 0.25) is 0 Å². The normalized spacial score (nSPS) is 11.4. The van der Waals surface area contributed by atoms with Crippen LogP contribution in [0, 0.1) is 0 Å². The molecule has 80 heavy (non-hydrogen) atoms. The molecular formula is C54H44IK2N3O20. The number of nitrogens with two attached hydrogens (primary N) is 1. The van der Waals surface area contributed by atoms with Crippen molar-refractivity contribution < 1.29 is 203 Å². The number of phenols is 2. The summed E-state index contributed by atoms with van der Waals surface area (Å²) in [5.74, 6) is -7.41. The molecule has 0 fully saturated rings. The van der Waals surface area contributed by atoms with Gasteiger partial charge in [-0.15, -0.1) is 0 Å². The molecule has 0 saturated carbocycles. The number of methoxy groups -OCH3 is 1. The van der Waals surface area contributed by atoms with Crippen molar-refractivity contribution >= 4 is 118 Å². The molecule has 0 radical (unpaired) electrons. The predicted molar refractivity (Wildman–Crippen MR) is 287 cm³/mol. The largest absolute Gasteiger partial charge is 1.00 e. The van der Waals surface area contributed by atoms with Crippen LogP contribution in [0.15, 0.2) is 146 Å². The summed E-state index contributed by atoms with van der Waals surface area (Å²) in [6.07, 6.45) is 7.46. The van der Waals surface area contributed by atoms with Crippen molar-refractivity contribution in [3.63, 3.8) is 0 Å². The van der Waals surface area contributed by atoms with Crippen LogP contribution < -0.4 is 128 Å². The molecule has 6 aromatic carbocycles. The van der Waals surface area contributed by atoms with Gasteiger partial charge in [-0.25, -0.2) is 33.8 Å². The summed E-state index contributed by atoms with van der Waals surface area (Å²) >= 11 is 2.15. The smallest absolute Gasteiger partial charge is 1.00 e. The van der Waals surface area contributed by atoms with Crippen molar-refractivity contribution in [3.05, 3.63) is 196 Å². The molecule has 23 nitrogen and oxygen atoms in total. The van der Waals surface area contributed by atoms with Crippen molar-refractivity contribution in [2.75, 3.05) is 27.6 Å². The first-order valence-corrected chi connectivity index (χ1v) is 23.7. The van der Waals surface area contributed by atoms with E-state index in [4.69, 9.17) is 51.2 Å². The quantitative estimate of drug-likeness (QED) is 0.00959. The fraction of sp³-hybridized carbons (Fsp3) is 0.0370. The Labute approximate surface area is 554 Å². The van der Waals surface area contributed by atoms with Gasteiger partial charge in [0.05, 0.1) is 51.9 Å². The Kier molecular flexibility index (Phi) is 31.4. The first-order valence-electron chi connectivity index (χ1n) is 21.6. The van der Waals surface area contributed by atoms with Gasteiger partial charge in [-0.1, -0.05) is 59.0 Å². The number of rotatable bonds is 12. The second-order valence-corrected chi connectivity index (χ2v) is 14.9. The van der Waals surface area contributed by atoms with E-state index < -0.39 is 59.0 Å². The van der Waals surface area contributed by atoms with Gasteiger partial charge >= 0.3 is 133 Å². The number of anilines is 3. The molecular weight excluding hydrogens is 1220 g/mol. The van der Waals surface area contributed by atoms with Crippen LogP contribution in [0.25, 0.3) is 18.2 Å². The molecule has 0 unspecified atom stereocenters. The van der Waals surface area contributed by atoms with E-state index in [9.17, 15) is 48.3 Å². The average molecular weight is 1260 g/mol. The first kappa shape index (κ1) is 70.8. The molecule has 404 valence electrons. The summed E-state index contributed by atoms with van der Waals surface area (Å²) in [6, 6.07) is 31.6. The molecule has 0 aromatic heterocycles. The molecule has 8 rings (SSSR count). The molecule has 2 aliphatic rings. The standard InChI is InChI=1S/C18H13NO5.C17H11NO5.C9H9NO2.C8H6O5.CH3I.CH2O3.2K.H/c1-24-13-7-8-14-15(10-13)18(23)19(17(14)22)12-5-2-11(3-6-12)4-9-16(20)21;19-12-6-7-13-14(9-12)17(23)18(16(13)22)11-4-1-10(2-5-11)3-8-15(20)21;10-8-4-1-7(2-5-8)3-6-9(11)12;9-4-1-2-5(7(10)11)6(3-4)8(12)13;1-2;2-1-4-3;;;/h2-10H,1H3,(H,20,21);1-9,19H,(H,20,21);1-6H,10H2,(H,11,12);1-3,9H,(H,10,11)(H,12,13);1H3;1,3H;;;/q;;;;;;2*+1;-1/p-1. The number of aromatic carboxylic acids is 2. The molecule has 0 saturated heterocycles. The van der Waals surface area contributed by atoms with Gasteiger partial charge < -0.3 is 57.8 Å². The summed E-state index contributed by atoms with van der Waals surface area (Å²) in [5, 5.41) is 69.5. The number of imide groups is 2. The van der Waals surface area contributed by atoms with Crippen LogP contribution >= 0.6 is 22.6 Å². The number of carboxylic acids is 5. The van der Waals surface area contributed by atoms with Crippen molar-refractivity contribution in [1.82, 2.24) is 0 Å². The minimum absolute atomic E-state index is 0. The Morgan fingerprint density at radius 2 is 0.850 bits per heavy atom. The molecule has 9 N–H and O–H groups in total. The van der Waals surface area contributed by atoms with Gasteiger partial charge in [-0.2, -0.15) is 0 Å². The topological polar surface area (TPSA) is 386 Å². The molecule has 2 aliphatic heterocycles. The van der Waals surface area contributed by atoms with Gasteiger partial charge in [0.15, 0.2) is 0 Å². The van der Waals surface area contributed by atoms with Gasteiger partial charge in [0.25, 0.3) is 30.1 Å². The maximum absolute atomic E-state index is 12.5. The minimum atomic E-state index is -1.38. The number of aliphatic carboxylic acids is 3. The Morgan fingerprint density at radius 1 is 0.512 bits per heavy atom. The third-order valence-corrected chi connectivity index (χ3v) is 9.96. The number of hydrogen-bond acceptors (Lipinski definition) is 16. The predicted octanol–water partition coefficient (Wildman–Crippen LogP) is 0.646. The fourth-order valence-corrected chi connectivity index (χ4v) is 6.52. The molecule has 0 aliphatic carbocycles. The fourth-order valence-electron chi connectivity index (χ4n) is 6.52. The van der Waals surface area contributed by atoms with Crippen LogP contribution in [-0.4, -0.2) is 108 Å². The Morgan fingerprint density at radius 3 is 1.21 bits per heavy atom. The number of halogens is 1. The first-order chi connectivity index (χ1) is 37.1. The number of nitrogens with zero attached hydrogens (tertiary/aromatic N) is 2. The number of ether oxygens (including phenoxy) is 1. The number of hydrogen-bond donors (Lipinski definition) is 8. The van der Waals surface area contributed by atoms with E-state index >= 15 is 0 Å². The number of carbonyl (C=O) groups excluding carboxylic acids is 5. The number of benzene rings is 6. The second kappa shape index (κ2) is 35.4. The number of aromatic hydroxyl groups is 2. The van der Waals surface area contributed by atoms with Crippen LogP contribution in [-0.2, 0) is 24.1 Å². The number of carboxylic acid groups (broad SMARTS) is 5. The van der Waals surface area contributed by atoms with E-state index in [1.165, 1.54) is 43.5 Å². The molecule has 2 heterocycles. The third-order valence-electron chi connectivity index (χ3n) is 9.96. The Hall–Kier alpha value is -7.20. The number of fused-ring (bicyclic) bond motifs is 2. The van der Waals surface area contributed by atoms with Gasteiger partial charge in [-0.05, 0) is 131 Å². The van der Waals surface area contributed by atoms with E-state index in [1.807, 2.05) is 4.93 Å². The van der Waals surface area contributed by atoms with Crippen molar-refractivity contribution in [1.29, 1.82) is 0 Å². The minimum Gasteiger partial charge on any atom is -1.00 e. The molecule has 26 heteroatoms. The maximum atomic E-state index is 12.5. The molecule has 0 bridgehead atoms. The number of amides is 4. The second-order valence-electron chi connectivity index (χ2n) is 14.9. The summed E-state index contributed by atoms with van der Waals surface area (Å²) < 4.78 is 5.09. The number of nitrogen functional groups attached to an aromatic ring is 1. The Bertz CT molecular complexity index is 3320. The van der Waals surface area contributed by atoms with E-state index in [0.29, 0.717) is 45.1 Å². The summed E-state index contributed by atoms with van der Waals surface area (Å²) in [6.45, 7) is -0.181. The van der Waals surface area contributed by atoms with E-state index in [2.05, 4.69) is 27.5 Å². The van der Waals surface area contributed by atoms with Crippen molar-refractivity contribution in [3.8, 4) is 17.2 Å². The zero-order valence-corrected chi connectivity index (χ0v) is 50.9. The number of alkyl halides is 1. The summed E-state index contributed by atoms with van der Waals surface area (Å²) in [5.41, 5.74) is 9.28. The maximum Gasteiger partial charge on any atom is 1.00 e. The van der Waals surface area contributed by atoms with E-state index in [0.717, 1.165) is 51.8 Å². The van der Waals surface area contributed by atoms with Crippen LogP contribution in [0.4, 0.5) is 17.1 Å². The van der Waals surface area contributed by atoms with Crippen molar-refractivity contribution in [2.24, 2.45) is 0 Å². The van der Waals surface area contributed by atoms with Gasteiger partial charge in [0.1, 0.15) is 17.2 Å². The average Bonchev–Trinajstić information content (AvgIpc) is 3.91. The zero-order chi connectivity index (χ0) is 58.2. The van der Waals surface area contributed by atoms with Crippen LogP contribution in [0.5, 0.6) is 17.2 Å². The van der Waals surface area contributed by atoms with Gasteiger partial charge in [0.2, 0.25) is 0 Å². The van der Waals surface area contributed by atoms with Crippen LogP contribution in [0.1, 0.15) is 80.3 Å². The molecule has 0 atom stereocenters.